The molecule has 0 fully saturated rings. The first-order valence-electron chi connectivity index (χ1n) is 8.80. The molecule has 0 atom stereocenters. The number of carbonyl (C=O) groups is 1. The first-order chi connectivity index (χ1) is 13.7. The normalized spacial score (nSPS) is 13.4. The number of rotatable bonds is 6. The molecule has 2 heterocycles. The molecule has 4 rings (SSSR count). The maximum atomic E-state index is 12.6. The molecule has 28 heavy (non-hydrogen) atoms. The van der Waals surface area contributed by atoms with Gasteiger partial charge in [0.25, 0.3) is 5.91 Å². The molecule has 1 amide bonds. The van der Waals surface area contributed by atoms with E-state index in [1.165, 1.54) is 16.2 Å². The van der Waals surface area contributed by atoms with E-state index < -0.39 is 0 Å². The summed E-state index contributed by atoms with van der Waals surface area (Å²) in [5, 5.41) is 0. The van der Waals surface area contributed by atoms with E-state index in [0.717, 1.165) is 44.4 Å². The Morgan fingerprint density at radius 3 is 2.64 bits per heavy atom. The summed E-state index contributed by atoms with van der Waals surface area (Å²) in [4.78, 5) is 18.9. The van der Waals surface area contributed by atoms with Crippen molar-refractivity contribution >= 4 is 51.0 Å². The molecule has 0 spiro atoms. The van der Waals surface area contributed by atoms with Crippen molar-refractivity contribution in [2.45, 2.75) is 17.9 Å². The van der Waals surface area contributed by atoms with Crippen LogP contribution >= 0.6 is 34.9 Å². The Balaban J connectivity index is 1.68. The Hall–Kier alpha value is -1.90. The number of amides is 1. The van der Waals surface area contributed by atoms with Crippen molar-refractivity contribution < 1.29 is 14.3 Å². The number of hydrogen-bond donors (Lipinski definition) is 0. The molecule has 0 bridgehead atoms. The fourth-order valence-corrected chi connectivity index (χ4v) is 4.86. The van der Waals surface area contributed by atoms with Crippen LogP contribution in [0.5, 0.6) is 11.5 Å². The lowest BCUT2D eigenvalue weighted by atomic mass is 10.1. The van der Waals surface area contributed by atoms with Crippen LogP contribution in [0, 0.1) is 0 Å². The van der Waals surface area contributed by atoms with Crippen LogP contribution in [0.1, 0.15) is 5.56 Å². The highest BCUT2D eigenvalue weighted by atomic mass is 32.2. The topological polar surface area (TPSA) is 52.8 Å². The lowest BCUT2D eigenvalue weighted by molar-refractivity contribution is -0.117. The Morgan fingerprint density at radius 2 is 1.93 bits per heavy atom. The second kappa shape index (κ2) is 8.63. The van der Waals surface area contributed by atoms with Gasteiger partial charge < -0.3 is 14.0 Å². The minimum absolute atomic E-state index is 0.138. The molecule has 2 aromatic carbocycles. The van der Waals surface area contributed by atoms with Gasteiger partial charge in [-0.2, -0.15) is 16.8 Å². The van der Waals surface area contributed by atoms with E-state index in [1.807, 2.05) is 42.7 Å². The lowest BCUT2D eigenvalue weighted by Gasteiger charge is -2.04. The number of carbonyl (C=O) groups excluding carboxylic acids is 1. The third kappa shape index (κ3) is 4.09. The summed E-state index contributed by atoms with van der Waals surface area (Å²) in [7, 11) is 0. The summed E-state index contributed by atoms with van der Waals surface area (Å²) in [6.07, 6.45) is 4.41. The SMILES string of the molecule is CSCCn1c(=NC(=O)Cc2ccc(SC)cc2)sc2cc3c(cc21)OCO3. The zero-order valence-corrected chi connectivity index (χ0v) is 18.1. The Morgan fingerprint density at radius 1 is 1.18 bits per heavy atom. The van der Waals surface area contributed by atoms with Gasteiger partial charge in [-0.25, -0.2) is 0 Å². The summed E-state index contributed by atoms with van der Waals surface area (Å²) < 4.78 is 14.2. The predicted molar refractivity (Wildman–Crippen MR) is 117 cm³/mol. The fourth-order valence-electron chi connectivity index (χ4n) is 3.01. The van der Waals surface area contributed by atoms with Crippen LogP contribution in [0.2, 0.25) is 0 Å². The summed E-state index contributed by atoms with van der Waals surface area (Å²) in [6, 6.07) is 12.0. The van der Waals surface area contributed by atoms with Crippen molar-refractivity contribution in [3.8, 4) is 11.5 Å². The summed E-state index contributed by atoms with van der Waals surface area (Å²) in [5.74, 6) is 2.30. The fraction of sp³-hybridized carbons (Fsp3) is 0.300. The van der Waals surface area contributed by atoms with Crippen molar-refractivity contribution in [3.05, 3.63) is 46.8 Å². The number of ether oxygens (including phenoxy) is 2. The van der Waals surface area contributed by atoms with Gasteiger partial charge in [-0.05, 0) is 30.2 Å². The van der Waals surface area contributed by atoms with Crippen LogP contribution in [0.15, 0.2) is 46.3 Å². The molecular formula is C20H20N2O3S3. The minimum Gasteiger partial charge on any atom is -0.454 e. The Bertz CT molecular complexity index is 1070. The van der Waals surface area contributed by atoms with E-state index in [4.69, 9.17) is 9.47 Å². The van der Waals surface area contributed by atoms with Crippen molar-refractivity contribution in [1.82, 2.24) is 4.57 Å². The Labute approximate surface area is 175 Å². The molecule has 0 N–H and O–H groups in total. The van der Waals surface area contributed by atoms with E-state index in [1.54, 1.807) is 23.5 Å². The van der Waals surface area contributed by atoms with Gasteiger partial charge >= 0.3 is 0 Å². The second-order valence-electron chi connectivity index (χ2n) is 6.23. The smallest absolute Gasteiger partial charge is 0.252 e. The summed E-state index contributed by atoms with van der Waals surface area (Å²) in [6.45, 7) is 1.04. The molecule has 1 aromatic heterocycles. The number of hydrogen-bond acceptors (Lipinski definition) is 6. The van der Waals surface area contributed by atoms with Gasteiger partial charge in [0.2, 0.25) is 6.79 Å². The van der Waals surface area contributed by atoms with Crippen LogP contribution in [-0.4, -0.2) is 35.5 Å². The zero-order valence-electron chi connectivity index (χ0n) is 15.6. The minimum atomic E-state index is -0.138. The van der Waals surface area contributed by atoms with Crippen molar-refractivity contribution in [2.24, 2.45) is 4.99 Å². The van der Waals surface area contributed by atoms with Gasteiger partial charge in [-0.1, -0.05) is 23.5 Å². The van der Waals surface area contributed by atoms with E-state index in [2.05, 4.69) is 15.8 Å². The summed E-state index contributed by atoms with van der Waals surface area (Å²) >= 11 is 4.97. The van der Waals surface area contributed by atoms with Crippen LogP contribution in [0.25, 0.3) is 10.2 Å². The molecule has 0 saturated carbocycles. The van der Waals surface area contributed by atoms with Gasteiger partial charge in [0, 0.05) is 29.3 Å². The number of thiazole rings is 1. The van der Waals surface area contributed by atoms with E-state index in [0.29, 0.717) is 6.42 Å². The molecule has 146 valence electrons. The van der Waals surface area contributed by atoms with Crippen LogP contribution < -0.4 is 14.3 Å². The van der Waals surface area contributed by atoms with E-state index in [9.17, 15) is 4.79 Å². The van der Waals surface area contributed by atoms with E-state index in [-0.39, 0.29) is 12.7 Å². The van der Waals surface area contributed by atoms with Crippen molar-refractivity contribution in [1.29, 1.82) is 0 Å². The van der Waals surface area contributed by atoms with Gasteiger partial charge in [-0.15, -0.1) is 11.8 Å². The predicted octanol–water partition coefficient (Wildman–Crippen LogP) is 4.19. The van der Waals surface area contributed by atoms with Crippen LogP contribution in [0.4, 0.5) is 0 Å². The monoisotopic (exact) mass is 432 g/mol. The van der Waals surface area contributed by atoms with Gasteiger partial charge in [0.1, 0.15) is 0 Å². The molecule has 0 unspecified atom stereocenters. The van der Waals surface area contributed by atoms with Gasteiger partial charge in [-0.3, -0.25) is 4.79 Å². The molecule has 8 heteroatoms. The maximum absolute atomic E-state index is 12.6. The molecule has 0 aliphatic carbocycles. The first-order valence-corrected chi connectivity index (χ1v) is 12.2. The summed E-state index contributed by atoms with van der Waals surface area (Å²) in [5.41, 5.74) is 2.00. The highest BCUT2D eigenvalue weighted by Gasteiger charge is 2.18. The number of fused-ring (bicyclic) bond motifs is 2. The van der Waals surface area contributed by atoms with Gasteiger partial charge in [0.15, 0.2) is 16.3 Å². The largest absolute Gasteiger partial charge is 0.454 e. The highest BCUT2D eigenvalue weighted by molar-refractivity contribution is 7.98. The molecule has 0 radical (unpaired) electrons. The number of aryl methyl sites for hydroxylation is 1. The molecule has 3 aromatic rings. The highest BCUT2D eigenvalue weighted by Crippen LogP contribution is 2.37. The maximum Gasteiger partial charge on any atom is 0.252 e. The third-order valence-corrected chi connectivity index (χ3v) is 6.81. The van der Waals surface area contributed by atoms with Crippen molar-refractivity contribution in [2.75, 3.05) is 25.1 Å². The molecular weight excluding hydrogens is 412 g/mol. The van der Waals surface area contributed by atoms with E-state index >= 15 is 0 Å². The molecule has 5 nitrogen and oxygen atoms in total. The first kappa shape index (κ1) is 19.4. The van der Waals surface area contributed by atoms with Gasteiger partial charge in [0.05, 0.1) is 16.6 Å². The number of benzene rings is 2. The average molecular weight is 433 g/mol. The molecule has 1 aliphatic heterocycles. The van der Waals surface area contributed by atoms with Crippen molar-refractivity contribution in [3.63, 3.8) is 0 Å². The number of nitrogens with zero attached hydrogens (tertiary/aromatic N) is 2. The van der Waals surface area contributed by atoms with Crippen LogP contribution in [-0.2, 0) is 17.8 Å². The average Bonchev–Trinajstić information content (AvgIpc) is 3.28. The number of aromatic nitrogens is 1. The third-order valence-electron chi connectivity index (χ3n) is 4.43. The molecule has 0 saturated heterocycles. The second-order valence-corrected chi connectivity index (χ2v) is 9.11. The quantitative estimate of drug-likeness (QED) is 0.547. The lowest BCUT2D eigenvalue weighted by Crippen LogP contribution is -2.18. The standard InChI is InChI=1S/C20H20N2O3S3/c1-26-8-7-22-15-10-16-17(25-12-24-16)11-18(15)28-20(22)21-19(23)9-13-3-5-14(27-2)6-4-13/h3-6,10-11H,7-9,12H2,1-2H3. The number of thioether (sulfide) groups is 2. The Kier molecular flexibility index (Phi) is 5.99. The molecule has 1 aliphatic rings. The zero-order chi connectivity index (χ0) is 19.5. The van der Waals surface area contributed by atoms with Crippen LogP contribution in [0.3, 0.4) is 0 Å².